The van der Waals surface area contributed by atoms with Crippen LogP contribution in [-0.4, -0.2) is 20.6 Å². The lowest BCUT2D eigenvalue weighted by molar-refractivity contribution is 0.618. The molecule has 2 aromatic heterocycles. The highest BCUT2D eigenvalue weighted by atomic mass is 15.3. The van der Waals surface area contributed by atoms with Crippen molar-refractivity contribution in [1.82, 2.24) is 14.6 Å². The highest BCUT2D eigenvalue weighted by Gasteiger charge is 2.15. The molecular weight excluding hydrogens is 272 g/mol. The number of hydrogen-bond acceptors (Lipinski definition) is 3. The molecule has 0 atom stereocenters. The summed E-state index contributed by atoms with van der Waals surface area (Å²) in [5.74, 6) is 1.01. The van der Waals surface area contributed by atoms with Crippen LogP contribution in [0.4, 0.5) is 5.82 Å². The van der Waals surface area contributed by atoms with E-state index in [4.69, 9.17) is 4.98 Å². The van der Waals surface area contributed by atoms with Crippen molar-refractivity contribution in [3.63, 3.8) is 0 Å². The zero-order chi connectivity index (χ0) is 14.9. The maximum atomic E-state index is 4.84. The van der Waals surface area contributed by atoms with Crippen molar-refractivity contribution in [2.75, 3.05) is 5.32 Å². The predicted octanol–water partition coefficient (Wildman–Crippen LogP) is 4.33. The average Bonchev–Trinajstić information content (AvgIpc) is 2.73. The topological polar surface area (TPSA) is 42.2 Å². The Kier molecular flexibility index (Phi) is 3.45. The maximum absolute atomic E-state index is 4.84. The van der Waals surface area contributed by atoms with Crippen LogP contribution in [0.5, 0.6) is 0 Å². The summed E-state index contributed by atoms with van der Waals surface area (Å²) in [6, 6.07) is 11.0. The first-order chi connectivity index (χ1) is 10.8. The molecule has 1 aliphatic rings. The van der Waals surface area contributed by atoms with E-state index in [-0.39, 0.29) is 0 Å². The summed E-state index contributed by atoms with van der Waals surface area (Å²) in [7, 11) is 0. The molecule has 0 unspecified atom stereocenters. The van der Waals surface area contributed by atoms with Gasteiger partial charge >= 0.3 is 0 Å². The summed E-state index contributed by atoms with van der Waals surface area (Å²) in [4.78, 5) is 4.84. The first kappa shape index (κ1) is 13.6. The number of nitrogens with one attached hydrogen (secondary N) is 1. The van der Waals surface area contributed by atoms with E-state index in [0.717, 1.165) is 28.1 Å². The SMILES string of the molecule is Cc1cc2nc(NC3CCCCCC3)c3ccccc3n2n1. The minimum Gasteiger partial charge on any atom is -0.367 e. The molecule has 0 bridgehead atoms. The summed E-state index contributed by atoms with van der Waals surface area (Å²) in [5, 5.41) is 9.44. The lowest BCUT2D eigenvalue weighted by Gasteiger charge is -2.18. The number of nitrogens with zero attached hydrogens (tertiary/aromatic N) is 3. The molecule has 0 radical (unpaired) electrons. The first-order valence-electron chi connectivity index (χ1n) is 8.33. The molecule has 2 heterocycles. The Bertz CT molecular complexity index is 797. The third-order valence-electron chi connectivity index (χ3n) is 4.62. The van der Waals surface area contributed by atoms with Crippen LogP contribution in [0.2, 0.25) is 0 Å². The molecule has 1 saturated carbocycles. The number of rotatable bonds is 2. The average molecular weight is 294 g/mol. The number of aryl methyl sites for hydroxylation is 1. The Balaban J connectivity index is 1.80. The second kappa shape index (κ2) is 5.59. The number of fused-ring (bicyclic) bond motifs is 3. The Morgan fingerprint density at radius 1 is 1.09 bits per heavy atom. The Hall–Kier alpha value is -2.10. The minimum absolute atomic E-state index is 0.546. The van der Waals surface area contributed by atoms with Crippen molar-refractivity contribution in [3.05, 3.63) is 36.0 Å². The number of anilines is 1. The van der Waals surface area contributed by atoms with Gasteiger partial charge in [-0.1, -0.05) is 37.8 Å². The van der Waals surface area contributed by atoms with E-state index in [1.165, 1.54) is 38.5 Å². The van der Waals surface area contributed by atoms with Gasteiger partial charge in [-0.2, -0.15) is 5.10 Å². The van der Waals surface area contributed by atoms with Gasteiger partial charge in [0.1, 0.15) is 5.82 Å². The van der Waals surface area contributed by atoms with Crippen molar-refractivity contribution >= 4 is 22.4 Å². The zero-order valence-corrected chi connectivity index (χ0v) is 13.0. The molecular formula is C18H22N4. The summed E-state index contributed by atoms with van der Waals surface area (Å²) in [6.07, 6.45) is 7.88. The van der Waals surface area contributed by atoms with Gasteiger partial charge in [-0.05, 0) is 31.9 Å². The van der Waals surface area contributed by atoms with Gasteiger partial charge in [-0.3, -0.25) is 0 Å². The van der Waals surface area contributed by atoms with Gasteiger partial charge < -0.3 is 5.32 Å². The van der Waals surface area contributed by atoms with Crippen LogP contribution in [0.15, 0.2) is 30.3 Å². The molecule has 1 N–H and O–H groups in total. The van der Waals surface area contributed by atoms with Crippen molar-refractivity contribution in [1.29, 1.82) is 0 Å². The fourth-order valence-electron chi connectivity index (χ4n) is 3.50. The van der Waals surface area contributed by atoms with Gasteiger partial charge in [0.05, 0.1) is 11.2 Å². The van der Waals surface area contributed by atoms with Gasteiger partial charge in [-0.25, -0.2) is 9.50 Å². The van der Waals surface area contributed by atoms with Crippen LogP contribution in [0, 0.1) is 6.92 Å². The minimum atomic E-state index is 0.546. The monoisotopic (exact) mass is 294 g/mol. The Morgan fingerprint density at radius 3 is 2.68 bits per heavy atom. The van der Waals surface area contributed by atoms with Crippen molar-refractivity contribution < 1.29 is 0 Å². The highest BCUT2D eigenvalue weighted by Crippen LogP contribution is 2.26. The van der Waals surface area contributed by atoms with Crippen LogP contribution >= 0.6 is 0 Å². The third-order valence-corrected chi connectivity index (χ3v) is 4.62. The van der Waals surface area contributed by atoms with Crippen LogP contribution < -0.4 is 5.32 Å². The van der Waals surface area contributed by atoms with Crippen molar-refractivity contribution in [3.8, 4) is 0 Å². The molecule has 0 saturated heterocycles. The van der Waals surface area contributed by atoms with E-state index in [1.807, 2.05) is 17.5 Å². The molecule has 4 heteroatoms. The van der Waals surface area contributed by atoms with Crippen LogP contribution in [0.25, 0.3) is 16.6 Å². The van der Waals surface area contributed by atoms with Crippen LogP contribution in [-0.2, 0) is 0 Å². The highest BCUT2D eigenvalue weighted by molar-refractivity contribution is 5.91. The van der Waals surface area contributed by atoms with Crippen molar-refractivity contribution in [2.24, 2.45) is 0 Å². The summed E-state index contributed by atoms with van der Waals surface area (Å²) in [6.45, 7) is 2.02. The fraction of sp³-hybridized carbons (Fsp3) is 0.444. The van der Waals surface area contributed by atoms with E-state index in [0.29, 0.717) is 6.04 Å². The summed E-state index contributed by atoms with van der Waals surface area (Å²) >= 11 is 0. The standard InChI is InChI=1S/C18H22N4/c1-13-12-17-20-18(19-14-8-4-2-3-5-9-14)15-10-6-7-11-16(15)22(17)21-13/h6-7,10-12,14H,2-5,8-9H2,1H3,(H,19,20). The van der Waals surface area contributed by atoms with E-state index in [2.05, 4.69) is 34.7 Å². The van der Waals surface area contributed by atoms with E-state index in [1.54, 1.807) is 0 Å². The third kappa shape index (κ3) is 2.43. The lowest BCUT2D eigenvalue weighted by Crippen LogP contribution is -2.19. The van der Waals surface area contributed by atoms with Gasteiger partial charge in [0.25, 0.3) is 0 Å². The lowest BCUT2D eigenvalue weighted by atomic mass is 10.1. The molecule has 0 spiro atoms. The second-order valence-electron chi connectivity index (χ2n) is 6.37. The van der Waals surface area contributed by atoms with E-state index < -0.39 is 0 Å². The van der Waals surface area contributed by atoms with E-state index >= 15 is 0 Å². The molecule has 4 nitrogen and oxygen atoms in total. The van der Waals surface area contributed by atoms with Gasteiger partial charge in [0.15, 0.2) is 5.65 Å². The Labute approximate surface area is 130 Å². The Morgan fingerprint density at radius 2 is 1.86 bits per heavy atom. The maximum Gasteiger partial charge on any atom is 0.158 e. The molecule has 3 aromatic rings. The molecule has 22 heavy (non-hydrogen) atoms. The summed E-state index contributed by atoms with van der Waals surface area (Å²) < 4.78 is 1.95. The van der Waals surface area contributed by atoms with Gasteiger partial charge in [-0.15, -0.1) is 0 Å². The number of benzene rings is 1. The molecule has 0 aliphatic heterocycles. The van der Waals surface area contributed by atoms with Gasteiger partial charge in [0, 0.05) is 17.5 Å². The van der Waals surface area contributed by atoms with Crippen molar-refractivity contribution in [2.45, 2.75) is 51.5 Å². The zero-order valence-electron chi connectivity index (χ0n) is 13.0. The molecule has 1 fully saturated rings. The van der Waals surface area contributed by atoms with E-state index in [9.17, 15) is 0 Å². The molecule has 1 aromatic carbocycles. The number of para-hydroxylation sites is 1. The largest absolute Gasteiger partial charge is 0.367 e. The smallest absolute Gasteiger partial charge is 0.158 e. The molecule has 4 rings (SSSR count). The fourth-order valence-corrected chi connectivity index (χ4v) is 3.50. The molecule has 0 amide bonds. The predicted molar refractivity (Wildman–Crippen MR) is 90.3 cm³/mol. The molecule has 1 aliphatic carbocycles. The number of aromatic nitrogens is 3. The van der Waals surface area contributed by atoms with Crippen LogP contribution in [0.3, 0.4) is 0 Å². The second-order valence-corrected chi connectivity index (χ2v) is 6.37. The van der Waals surface area contributed by atoms with Gasteiger partial charge in [0.2, 0.25) is 0 Å². The number of hydrogen-bond donors (Lipinski definition) is 1. The molecule has 114 valence electrons. The normalized spacial score (nSPS) is 17.0. The quantitative estimate of drug-likeness (QED) is 0.715. The first-order valence-corrected chi connectivity index (χ1v) is 8.33. The summed E-state index contributed by atoms with van der Waals surface area (Å²) in [5.41, 5.74) is 3.05. The van der Waals surface area contributed by atoms with Crippen LogP contribution in [0.1, 0.15) is 44.2 Å².